The molecule has 0 radical (unpaired) electrons. The second-order valence-corrected chi connectivity index (χ2v) is 7.97. The largest absolute Gasteiger partial charge is 0.359 e. The maximum atomic E-state index is 11.8. The summed E-state index contributed by atoms with van der Waals surface area (Å²) in [4.78, 5) is 19.3. The van der Waals surface area contributed by atoms with Gasteiger partial charge in [-0.05, 0) is 41.9 Å². The fourth-order valence-corrected chi connectivity index (χ4v) is 3.39. The van der Waals surface area contributed by atoms with E-state index in [4.69, 9.17) is 0 Å². The highest BCUT2D eigenvalue weighted by molar-refractivity contribution is 9.11. The van der Waals surface area contributed by atoms with Gasteiger partial charge in [0.25, 0.3) is 0 Å². The number of carbonyl (C=O) groups excluding carboxylic acids is 1. The Morgan fingerprint density at radius 3 is 2.62 bits per heavy atom. The summed E-state index contributed by atoms with van der Waals surface area (Å²) in [7, 11) is 5.38. The average molecular weight is 375 g/mol. The van der Waals surface area contributed by atoms with Crippen LogP contribution in [0.15, 0.2) is 20.9 Å². The van der Waals surface area contributed by atoms with E-state index in [1.807, 2.05) is 31.9 Å². The van der Waals surface area contributed by atoms with E-state index in [0.717, 1.165) is 16.3 Å². The molecular formula is C14H23BrN4OS. The third-order valence-corrected chi connectivity index (χ3v) is 4.73. The van der Waals surface area contributed by atoms with Crippen LogP contribution in [0.2, 0.25) is 0 Å². The average Bonchev–Trinajstić information content (AvgIpc) is 2.83. The van der Waals surface area contributed by atoms with E-state index >= 15 is 0 Å². The molecule has 118 valence electrons. The first-order valence-corrected chi connectivity index (χ1v) is 8.29. The summed E-state index contributed by atoms with van der Waals surface area (Å²) >= 11 is 5.17. The lowest BCUT2D eigenvalue weighted by Crippen LogP contribution is -2.47. The number of halogens is 1. The van der Waals surface area contributed by atoms with Crippen LogP contribution in [0.4, 0.5) is 0 Å². The quantitative estimate of drug-likeness (QED) is 0.613. The number of hydrogen-bond donors (Lipinski definition) is 2. The van der Waals surface area contributed by atoms with Crippen LogP contribution in [0.1, 0.15) is 18.7 Å². The predicted molar refractivity (Wildman–Crippen MR) is 92.7 cm³/mol. The Morgan fingerprint density at radius 1 is 1.48 bits per heavy atom. The molecule has 7 heteroatoms. The van der Waals surface area contributed by atoms with Crippen molar-refractivity contribution in [3.63, 3.8) is 0 Å². The number of guanidine groups is 1. The minimum absolute atomic E-state index is 0.00953. The first-order valence-electron chi connectivity index (χ1n) is 6.68. The number of nitrogens with zero attached hydrogens (tertiary/aromatic N) is 2. The lowest BCUT2D eigenvalue weighted by atomic mass is 9.92. The minimum atomic E-state index is -0.489. The van der Waals surface area contributed by atoms with Gasteiger partial charge in [0.1, 0.15) is 0 Å². The Hall–Kier alpha value is -1.08. The second kappa shape index (κ2) is 7.79. The van der Waals surface area contributed by atoms with Gasteiger partial charge in [-0.3, -0.25) is 9.79 Å². The van der Waals surface area contributed by atoms with Crippen LogP contribution in [-0.4, -0.2) is 44.5 Å². The number of hydrogen-bond acceptors (Lipinski definition) is 3. The van der Waals surface area contributed by atoms with Gasteiger partial charge < -0.3 is 15.5 Å². The van der Waals surface area contributed by atoms with Gasteiger partial charge in [0.15, 0.2) is 5.96 Å². The number of amides is 1. The van der Waals surface area contributed by atoms with Crippen LogP contribution in [0, 0.1) is 5.41 Å². The van der Waals surface area contributed by atoms with E-state index in [1.165, 1.54) is 4.88 Å². The molecule has 1 amide bonds. The van der Waals surface area contributed by atoms with E-state index in [2.05, 4.69) is 37.6 Å². The Kier molecular flexibility index (Phi) is 6.67. The molecule has 21 heavy (non-hydrogen) atoms. The highest BCUT2D eigenvalue weighted by atomic mass is 79.9. The minimum Gasteiger partial charge on any atom is -0.359 e. The van der Waals surface area contributed by atoms with Gasteiger partial charge in [0.2, 0.25) is 5.91 Å². The van der Waals surface area contributed by atoms with Crippen LogP contribution in [0.25, 0.3) is 0 Å². The molecule has 0 spiro atoms. The van der Waals surface area contributed by atoms with E-state index in [1.54, 1.807) is 25.4 Å². The van der Waals surface area contributed by atoms with Gasteiger partial charge in [0.05, 0.1) is 15.7 Å². The number of nitrogens with one attached hydrogen (secondary N) is 2. The molecule has 0 aliphatic carbocycles. The van der Waals surface area contributed by atoms with Crippen molar-refractivity contribution in [3.05, 3.63) is 20.8 Å². The van der Waals surface area contributed by atoms with Crippen molar-refractivity contribution in [2.24, 2.45) is 10.4 Å². The maximum Gasteiger partial charge on any atom is 0.227 e. The third-order valence-electron chi connectivity index (χ3n) is 3.13. The Morgan fingerprint density at radius 2 is 2.14 bits per heavy atom. The summed E-state index contributed by atoms with van der Waals surface area (Å²) in [6.07, 6.45) is 0. The molecule has 0 saturated heterocycles. The first-order chi connectivity index (χ1) is 9.80. The molecular weight excluding hydrogens is 352 g/mol. The number of carbonyl (C=O) groups is 1. The van der Waals surface area contributed by atoms with Crippen molar-refractivity contribution in [2.45, 2.75) is 20.4 Å². The maximum absolute atomic E-state index is 11.8. The second-order valence-electron chi connectivity index (χ2n) is 5.43. The van der Waals surface area contributed by atoms with E-state index in [0.29, 0.717) is 6.54 Å². The number of thiophene rings is 1. The lowest BCUT2D eigenvalue weighted by Gasteiger charge is -2.27. The van der Waals surface area contributed by atoms with Crippen molar-refractivity contribution < 1.29 is 4.79 Å². The molecule has 0 aliphatic rings. The highest BCUT2D eigenvalue weighted by Crippen LogP contribution is 2.23. The summed E-state index contributed by atoms with van der Waals surface area (Å²) < 4.78 is 1.12. The summed E-state index contributed by atoms with van der Waals surface area (Å²) in [6.45, 7) is 5.11. The fraction of sp³-hybridized carbons (Fsp3) is 0.571. The summed E-state index contributed by atoms with van der Waals surface area (Å²) in [5.41, 5.74) is -0.489. The Balaban J connectivity index is 2.61. The van der Waals surface area contributed by atoms with Crippen LogP contribution in [-0.2, 0) is 11.3 Å². The zero-order valence-corrected chi connectivity index (χ0v) is 15.6. The summed E-state index contributed by atoms with van der Waals surface area (Å²) in [6, 6.07) is 4.13. The normalized spacial score (nSPS) is 12.2. The zero-order valence-electron chi connectivity index (χ0n) is 13.2. The Labute approximate surface area is 139 Å². The van der Waals surface area contributed by atoms with E-state index in [-0.39, 0.29) is 5.91 Å². The van der Waals surface area contributed by atoms with Gasteiger partial charge in [-0.2, -0.15) is 0 Å². The molecule has 1 rings (SSSR count). The van der Waals surface area contributed by atoms with Gasteiger partial charge >= 0.3 is 0 Å². The van der Waals surface area contributed by atoms with Crippen molar-refractivity contribution in [1.29, 1.82) is 0 Å². The lowest BCUT2D eigenvalue weighted by molar-refractivity contribution is -0.128. The van der Waals surface area contributed by atoms with Crippen LogP contribution in [0.5, 0.6) is 0 Å². The van der Waals surface area contributed by atoms with Crippen molar-refractivity contribution in [2.75, 3.05) is 27.7 Å². The zero-order chi connectivity index (χ0) is 16.0. The molecule has 0 aromatic carbocycles. The molecule has 1 aromatic rings. The monoisotopic (exact) mass is 374 g/mol. The van der Waals surface area contributed by atoms with E-state index in [9.17, 15) is 4.79 Å². The fourth-order valence-electron chi connectivity index (χ4n) is 1.85. The SMILES string of the molecule is CN=C(NCC(C)(C)C(=O)NC)N(C)Cc1ccc(Br)s1. The van der Waals surface area contributed by atoms with Crippen molar-refractivity contribution in [3.8, 4) is 0 Å². The molecule has 1 heterocycles. The van der Waals surface area contributed by atoms with E-state index < -0.39 is 5.41 Å². The van der Waals surface area contributed by atoms with Crippen LogP contribution >= 0.6 is 27.3 Å². The summed E-state index contributed by atoms with van der Waals surface area (Å²) in [5.74, 6) is 0.784. The summed E-state index contributed by atoms with van der Waals surface area (Å²) in [5, 5.41) is 5.94. The van der Waals surface area contributed by atoms with Gasteiger partial charge in [0, 0.05) is 32.6 Å². The predicted octanol–water partition coefficient (Wildman–Crippen LogP) is 2.29. The third kappa shape index (κ3) is 5.32. The molecule has 2 N–H and O–H groups in total. The standard InChI is InChI=1S/C14H23BrN4OS/c1-14(2,12(20)16-3)9-18-13(17-4)19(5)8-10-6-7-11(15)21-10/h6-7H,8-9H2,1-5H3,(H,16,20)(H,17,18). The van der Waals surface area contributed by atoms with Gasteiger partial charge in [-0.15, -0.1) is 11.3 Å². The molecule has 0 atom stereocenters. The van der Waals surface area contributed by atoms with Crippen LogP contribution < -0.4 is 10.6 Å². The van der Waals surface area contributed by atoms with Gasteiger partial charge in [-0.1, -0.05) is 0 Å². The van der Waals surface area contributed by atoms with Crippen LogP contribution in [0.3, 0.4) is 0 Å². The first kappa shape index (κ1) is 18.0. The topological polar surface area (TPSA) is 56.7 Å². The molecule has 5 nitrogen and oxygen atoms in total. The van der Waals surface area contributed by atoms with Gasteiger partial charge in [-0.25, -0.2) is 0 Å². The highest BCUT2D eigenvalue weighted by Gasteiger charge is 2.27. The molecule has 0 aliphatic heterocycles. The number of aliphatic imine (C=N–C) groups is 1. The van der Waals surface area contributed by atoms with Crippen molar-refractivity contribution in [1.82, 2.24) is 15.5 Å². The molecule has 0 saturated carbocycles. The Bertz CT molecular complexity index is 513. The van der Waals surface area contributed by atoms with Crippen molar-refractivity contribution >= 4 is 39.1 Å². The smallest absolute Gasteiger partial charge is 0.227 e. The molecule has 1 aromatic heterocycles. The molecule has 0 bridgehead atoms. The molecule has 0 unspecified atom stereocenters. The molecule has 0 fully saturated rings. The number of rotatable bonds is 5.